The van der Waals surface area contributed by atoms with Gasteiger partial charge in [-0.15, -0.1) is 0 Å². The number of alkyl halides is 1. The van der Waals surface area contributed by atoms with Crippen molar-refractivity contribution in [1.82, 2.24) is 9.78 Å². The molecule has 0 aliphatic heterocycles. The van der Waals surface area contributed by atoms with Crippen LogP contribution in [0.2, 0.25) is 5.02 Å². The second-order valence-electron chi connectivity index (χ2n) is 4.43. The number of hydrogen-bond acceptors (Lipinski definition) is 1. The maximum Gasteiger partial charge on any atom is 0.0844 e. The van der Waals surface area contributed by atoms with Crippen molar-refractivity contribution >= 4 is 27.5 Å². The highest BCUT2D eigenvalue weighted by molar-refractivity contribution is 9.09. The zero-order valence-electron chi connectivity index (χ0n) is 10.5. The molecular formula is C14H16BrClN2. The fraction of sp³-hybridized carbons (Fsp3) is 0.357. The molecule has 0 spiro atoms. The van der Waals surface area contributed by atoms with Crippen LogP contribution in [0.1, 0.15) is 22.9 Å². The molecule has 1 aromatic carbocycles. The van der Waals surface area contributed by atoms with Gasteiger partial charge in [0.2, 0.25) is 0 Å². The number of halogens is 2. The zero-order chi connectivity index (χ0) is 13.1. The molecule has 0 radical (unpaired) electrons. The first-order chi connectivity index (χ1) is 8.63. The van der Waals surface area contributed by atoms with Crippen molar-refractivity contribution in [2.24, 2.45) is 0 Å². The van der Waals surface area contributed by atoms with Gasteiger partial charge in [-0.25, -0.2) is 0 Å². The summed E-state index contributed by atoms with van der Waals surface area (Å²) in [6, 6.07) is 10.5. The van der Waals surface area contributed by atoms with Crippen LogP contribution in [0, 0.1) is 13.8 Å². The molecular weight excluding hydrogens is 312 g/mol. The molecule has 1 atom stereocenters. The standard InChI is InChI=1S/C14H16BrClN2/c1-10-14(16)11(2)18(17-10)9-13(8-15)12-6-4-3-5-7-12/h3-7,13H,8-9H2,1-2H3. The Morgan fingerprint density at radius 3 is 2.44 bits per heavy atom. The Balaban J connectivity index is 2.23. The topological polar surface area (TPSA) is 17.8 Å². The van der Waals surface area contributed by atoms with Gasteiger partial charge in [0.25, 0.3) is 0 Å². The largest absolute Gasteiger partial charge is 0.267 e. The fourth-order valence-corrected chi connectivity index (χ4v) is 2.74. The van der Waals surface area contributed by atoms with Crippen molar-refractivity contribution < 1.29 is 0 Å². The summed E-state index contributed by atoms with van der Waals surface area (Å²) in [6.45, 7) is 4.80. The lowest BCUT2D eigenvalue weighted by Crippen LogP contribution is -2.13. The van der Waals surface area contributed by atoms with Crippen LogP contribution < -0.4 is 0 Å². The average Bonchev–Trinajstić information content (AvgIpc) is 2.64. The molecule has 0 saturated carbocycles. The van der Waals surface area contributed by atoms with Crippen LogP contribution in [0.15, 0.2) is 30.3 Å². The van der Waals surface area contributed by atoms with Crippen molar-refractivity contribution in [3.63, 3.8) is 0 Å². The van der Waals surface area contributed by atoms with Crippen LogP contribution in [-0.2, 0) is 6.54 Å². The molecule has 0 saturated heterocycles. The van der Waals surface area contributed by atoms with Gasteiger partial charge in [-0.2, -0.15) is 5.10 Å². The zero-order valence-corrected chi connectivity index (χ0v) is 12.9. The summed E-state index contributed by atoms with van der Waals surface area (Å²) in [5, 5.41) is 6.17. The molecule has 96 valence electrons. The Hall–Kier alpha value is -0.800. The first kappa shape index (κ1) is 13.6. The maximum atomic E-state index is 6.18. The predicted molar refractivity (Wildman–Crippen MR) is 79.7 cm³/mol. The molecule has 2 nitrogen and oxygen atoms in total. The maximum absolute atomic E-state index is 6.18. The van der Waals surface area contributed by atoms with E-state index in [1.807, 2.05) is 24.6 Å². The summed E-state index contributed by atoms with van der Waals surface area (Å²) >= 11 is 9.76. The van der Waals surface area contributed by atoms with Crippen molar-refractivity contribution in [1.29, 1.82) is 0 Å². The van der Waals surface area contributed by atoms with Crippen LogP contribution in [0.4, 0.5) is 0 Å². The molecule has 0 amide bonds. The SMILES string of the molecule is Cc1nn(CC(CBr)c2ccccc2)c(C)c1Cl. The Morgan fingerprint density at radius 1 is 1.28 bits per heavy atom. The monoisotopic (exact) mass is 326 g/mol. The smallest absolute Gasteiger partial charge is 0.0844 e. The van der Waals surface area contributed by atoms with E-state index in [2.05, 4.69) is 45.3 Å². The minimum atomic E-state index is 0.403. The molecule has 18 heavy (non-hydrogen) atoms. The number of rotatable bonds is 4. The number of nitrogens with zero attached hydrogens (tertiary/aromatic N) is 2. The van der Waals surface area contributed by atoms with Gasteiger partial charge in [-0.05, 0) is 19.4 Å². The van der Waals surface area contributed by atoms with E-state index in [1.165, 1.54) is 5.56 Å². The summed E-state index contributed by atoms with van der Waals surface area (Å²) in [5.41, 5.74) is 3.25. The van der Waals surface area contributed by atoms with Crippen molar-refractivity contribution in [3.8, 4) is 0 Å². The number of hydrogen-bond donors (Lipinski definition) is 0. The van der Waals surface area contributed by atoms with Gasteiger partial charge in [0, 0.05) is 17.8 Å². The van der Waals surface area contributed by atoms with Gasteiger partial charge in [0.05, 0.1) is 16.4 Å². The highest BCUT2D eigenvalue weighted by Gasteiger charge is 2.15. The summed E-state index contributed by atoms with van der Waals surface area (Å²) in [4.78, 5) is 0. The minimum Gasteiger partial charge on any atom is -0.267 e. The number of aromatic nitrogens is 2. The Kier molecular flexibility index (Phi) is 4.46. The van der Waals surface area contributed by atoms with Gasteiger partial charge >= 0.3 is 0 Å². The van der Waals surface area contributed by atoms with Crippen LogP contribution in [0.5, 0.6) is 0 Å². The predicted octanol–water partition coefficient (Wildman–Crippen LogP) is 4.33. The van der Waals surface area contributed by atoms with E-state index in [0.717, 1.165) is 28.3 Å². The van der Waals surface area contributed by atoms with Gasteiger partial charge in [0.1, 0.15) is 0 Å². The molecule has 2 rings (SSSR count). The van der Waals surface area contributed by atoms with Crippen LogP contribution in [0.3, 0.4) is 0 Å². The Morgan fingerprint density at radius 2 is 1.94 bits per heavy atom. The van der Waals surface area contributed by atoms with Gasteiger partial charge in [-0.1, -0.05) is 57.9 Å². The van der Waals surface area contributed by atoms with Gasteiger partial charge in [0.15, 0.2) is 0 Å². The summed E-state index contributed by atoms with van der Waals surface area (Å²) in [6.07, 6.45) is 0. The third kappa shape index (κ3) is 2.78. The van der Waals surface area contributed by atoms with Gasteiger partial charge in [-0.3, -0.25) is 4.68 Å². The van der Waals surface area contributed by atoms with Crippen LogP contribution in [0.25, 0.3) is 0 Å². The molecule has 1 unspecified atom stereocenters. The highest BCUT2D eigenvalue weighted by Crippen LogP contribution is 2.24. The molecule has 0 fully saturated rings. The van der Waals surface area contributed by atoms with Crippen molar-refractivity contribution in [2.45, 2.75) is 26.3 Å². The van der Waals surface area contributed by atoms with Crippen LogP contribution >= 0.6 is 27.5 Å². The second-order valence-corrected chi connectivity index (χ2v) is 5.45. The minimum absolute atomic E-state index is 0.403. The van der Waals surface area contributed by atoms with Gasteiger partial charge < -0.3 is 0 Å². The summed E-state index contributed by atoms with van der Waals surface area (Å²) < 4.78 is 2.00. The van der Waals surface area contributed by atoms with E-state index in [1.54, 1.807) is 0 Å². The summed E-state index contributed by atoms with van der Waals surface area (Å²) in [7, 11) is 0. The Labute approximate surface area is 121 Å². The van der Waals surface area contributed by atoms with E-state index >= 15 is 0 Å². The Bertz CT molecular complexity index is 522. The lowest BCUT2D eigenvalue weighted by Gasteiger charge is -2.15. The third-order valence-electron chi connectivity index (χ3n) is 3.14. The molecule has 0 aliphatic carbocycles. The first-order valence-corrected chi connectivity index (χ1v) is 7.43. The van der Waals surface area contributed by atoms with Crippen molar-refractivity contribution in [3.05, 3.63) is 52.3 Å². The van der Waals surface area contributed by atoms with E-state index < -0.39 is 0 Å². The third-order valence-corrected chi connectivity index (χ3v) is 4.47. The van der Waals surface area contributed by atoms with E-state index in [4.69, 9.17) is 11.6 Å². The highest BCUT2D eigenvalue weighted by atomic mass is 79.9. The fourth-order valence-electron chi connectivity index (χ4n) is 2.03. The molecule has 4 heteroatoms. The van der Waals surface area contributed by atoms with Crippen LogP contribution in [-0.4, -0.2) is 15.1 Å². The normalized spacial score (nSPS) is 12.7. The van der Waals surface area contributed by atoms with E-state index in [0.29, 0.717) is 5.92 Å². The number of benzene rings is 1. The number of aryl methyl sites for hydroxylation is 1. The van der Waals surface area contributed by atoms with Crippen molar-refractivity contribution in [2.75, 3.05) is 5.33 Å². The molecule has 0 N–H and O–H groups in total. The quantitative estimate of drug-likeness (QED) is 0.764. The van der Waals surface area contributed by atoms with E-state index in [-0.39, 0.29) is 0 Å². The molecule has 0 bridgehead atoms. The molecule has 0 aliphatic rings. The molecule has 2 aromatic rings. The molecule has 1 heterocycles. The average molecular weight is 328 g/mol. The lowest BCUT2D eigenvalue weighted by molar-refractivity contribution is 0.535. The molecule has 1 aromatic heterocycles. The first-order valence-electron chi connectivity index (χ1n) is 5.94. The second kappa shape index (κ2) is 5.89. The lowest BCUT2D eigenvalue weighted by atomic mass is 10.0. The van der Waals surface area contributed by atoms with E-state index in [9.17, 15) is 0 Å². The summed E-state index contributed by atoms with van der Waals surface area (Å²) in [5.74, 6) is 0.403.